The minimum absolute atomic E-state index is 0.314. The van der Waals surface area contributed by atoms with Crippen molar-refractivity contribution in [1.29, 1.82) is 0 Å². The highest BCUT2D eigenvalue weighted by atomic mass is 35.5. The van der Waals surface area contributed by atoms with Gasteiger partial charge in [0.15, 0.2) is 0 Å². The molecule has 6 heteroatoms. The smallest absolute Gasteiger partial charge is 0.250 e. The second-order valence-corrected chi connectivity index (χ2v) is 5.50. The predicted molar refractivity (Wildman–Crippen MR) is 81.0 cm³/mol. The van der Waals surface area contributed by atoms with Gasteiger partial charge in [-0.05, 0) is 37.3 Å². The Hall–Kier alpha value is -1.46. The van der Waals surface area contributed by atoms with E-state index in [9.17, 15) is 4.79 Å². The minimum Gasteiger partial charge on any atom is -0.399 e. The normalized spacial score (nSPS) is 14.2. The van der Waals surface area contributed by atoms with Gasteiger partial charge in [0.2, 0.25) is 0 Å². The lowest BCUT2D eigenvalue weighted by Crippen LogP contribution is -2.16. The van der Waals surface area contributed by atoms with Crippen molar-refractivity contribution in [2.75, 3.05) is 30.8 Å². The van der Waals surface area contributed by atoms with E-state index in [0.717, 1.165) is 18.9 Å². The molecule has 110 valence electrons. The zero-order chi connectivity index (χ0) is 14.5. The molecule has 1 aromatic rings. The summed E-state index contributed by atoms with van der Waals surface area (Å²) in [6.07, 6.45) is 3.42. The van der Waals surface area contributed by atoms with Crippen molar-refractivity contribution in [3.63, 3.8) is 0 Å². The first-order chi connectivity index (χ1) is 9.58. The molecule has 0 heterocycles. The van der Waals surface area contributed by atoms with Gasteiger partial charge >= 0.3 is 0 Å². The van der Waals surface area contributed by atoms with Crippen LogP contribution in [0.1, 0.15) is 29.6 Å². The zero-order valence-electron chi connectivity index (χ0n) is 11.3. The number of nitrogen functional groups attached to an aromatic ring is 1. The Morgan fingerprint density at radius 3 is 2.85 bits per heavy atom. The van der Waals surface area contributed by atoms with E-state index in [4.69, 9.17) is 27.8 Å². The van der Waals surface area contributed by atoms with Gasteiger partial charge in [0, 0.05) is 25.4 Å². The van der Waals surface area contributed by atoms with Gasteiger partial charge in [-0.3, -0.25) is 4.79 Å². The van der Waals surface area contributed by atoms with E-state index < -0.39 is 5.91 Å². The number of carbonyl (C=O) groups excluding carboxylic acids is 1. The van der Waals surface area contributed by atoms with Crippen molar-refractivity contribution in [2.24, 2.45) is 11.7 Å². The van der Waals surface area contributed by atoms with Crippen LogP contribution < -0.4 is 16.8 Å². The summed E-state index contributed by atoms with van der Waals surface area (Å²) >= 11 is 6.09. The molecule has 20 heavy (non-hydrogen) atoms. The second-order valence-electron chi connectivity index (χ2n) is 5.09. The Balaban J connectivity index is 1.82. The van der Waals surface area contributed by atoms with Crippen LogP contribution in [0.2, 0.25) is 5.02 Å². The highest BCUT2D eigenvalue weighted by Gasteiger charge is 2.20. The van der Waals surface area contributed by atoms with E-state index in [0.29, 0.717) is 35.1 Å². The molecule has 0 radical (unpaired) electrons. The lowest BCUT2D eigenvalue weighted by molar-refractivity contribution is 0.100. The van der Waals surface area contributed by atoms with Gasteiger partial charge in [0.05, 0.1) is 16.3 Å². The molecule has 1 fully saturated rings. The maximum absolute atomic E-state index is 11.4. The van der Waals surface area contributed by atoms with Crippen LogP contribution in [0, 0.1) is 5.92 Å². The third kappa shape index (κ3) is 4.28. The summed E-state index contributed by atoms with van der Waals surface area (Å²) in [6.45, 7) is 2.21. The molecule has 5 nitrogen and oxygen atoms in total. The fraction of sp³-hybridized carbons (Fsp3) is 0.500. The van der Waals surface area contributed by atoms with Crippen LogP contribution in [0.3, 0.4) is 0 Å². The van der Waals surface area contributed by atoms with E-state index in [-0.39, 0.29) is 0 Å². The molecular formula is C14H20ClN3O2. The Kier molecular flexibility index (Phi) is 5.09. The maximum Gasteiger partial charge on any atom is 0.250 e. The molecule has 0 unspecified atom stereocenters. The van der Waals surface area contributed by atoms with Crippen molar-refractivity contribution in [2.45, 2.75) is 19.3 Å². The maximum atomic E-state index is 11.4. The minimum atomic E-state index is -0.549. The number of halogens is 1. The van der Waals surface area contributed by atoms with Gasteiger partial charge in [-0.1, -0.05) is 11.6 Å². The monoisotopic (exact) mass is 297 g/mol. The highest BCUT2D eigenvalue weighted by Crippen LogP contribution is 2.29. The molecule has 2 rings (SSSR count). The van der Waals surface area contributed by atoms with Crippen LogP contribution in [0.4, 0.5) is 11.4 Å². The number of nitrogens with two attached hydrogens (primary N) is 2. The van der Waals surface area contributed by atoms with Gasteiger partial charge in [-0.15, -0.1) is 0 Å². The Labute approximate surface area is 123 Å². The fourth-order valence-corrected chi connectivity index (χ4v) is 2.22. The van der Waals surface area contributed by atoms with Crippen molar-refractivity contribution in [3.05, 3.63) is 22.7 Å². The molecule has 1 amide bonds. The molecule has 1 aromatic carbocycles. The van der Waals surface area contributed by atoms with Gasteiger partial charge < -0.3 is 21.5 Å². The zero-order valence-corrected chi connectivity index (χ0v) is 12.1. The number of carbonyl (C=O) groups is 1. The number of hydrogen-bond acceptors (Lipinski definition) is 4. The van der Waals surface area contributed by atoms with Crippen LogP contribution >= 0.6 is 11.6 Å². The average Bonchev–Trinajstić information content (AvgIpc) is 3.18. The van der Waals surface area contributed by atoms with Crippen molar-refractivity contribution in [3.8, 4) is 0 Å². The molecule has 5 N–H and O–H groups in total. The third-order valence-corrected chi connectivity index (χ3v) is 3.49. The van der Waals surface area contributed by atoms with Gasteiger partial charge in [0.25, 0.3) is 5.91 Å². The van der Waals surface area contributed by atoms with E-state index in [1.54, 1.807) is 6.07 Å². The number of ether oxygens (including phenoxy) is 1. The van der Waals surface area contributed by atoms with Crippen LogP contribution in [0.25, 0.3) is 0 Å². The molecule has 0 aromatic heterocycles. The number of primary amides is 1. The van der Waals surface area contributed by atoms with Crippen molar-refractivity contribution < 1.29 is 9.53 Å². The van der Waals surface area contributed by atoms with Gasteiger partial charge in [-0.2, -0.15) is 0 Å². The fourth-order valence-electron chi connectivity index (χ4n) is 1.92. The number of nitrogens with one attached hydrogen (secondary N) is 1. The summed E-state index contributed by atoms with van der Waals surface area (Å²) in [6, 6.07) is 3.13. The van der Waals surface area contributed by atoms with E-state index in [1.807, 2.05) is 0 Å². The standard InChI is InChI=1S/C14H20ClN3O2/c15-12-7-10(16)6-11(14(17)19)13(12)18-4-1-5-20-8-9-2-3-9/h6-7,9,18H,1-5,8,16H2,(H2,17,19). The molecule has 0 spiro atoms. The van der Waals surface area contributed by atoms with Crippen LogP contribution in [-0.4, -0.2) is 25.7 Å². The summed E-state index contributed by atoms with van der Waals surface area (Å²) in [4.78, 5) is 11.4. The lowest BCUT2D eigenvalue weighted by Gasteiger charge is -2.13. The third-order valence-electron chi connectivity index (χ3n) is 3.20. The predicted octanol–water partition coefficient (Wildman–Crippen LogP) is 2.25. The number of rotatable bonds is 8. The highest BCUT2D eigenvalue weighted by molar-refractivity contribution is 6.34. The lowest BCUT2D eigenvalue weighted by atomic mass is 10.1. The Bertz CT molecular complexity index is 490. The summed E-state index contributed by atoms with van der Waals surface area (Å²) in [7, 11) is 0. The first-order valence-corrected chi connectivity index (χ1v) is 7.16. The summed E-state index contributed by atoms with van der Waals surface area (Å²) in [5, 5.41) is 3.53. The van der Waals surface area contributed by atoms with Crippen molar-refractivity contribution >= 4 is 28.9 Å². The van der Waals surface area contributed by atoms with Gasteiger partial charge in [-0.25, -0.2) is 0 Å². The first-order valence-electron chi connectivity index (χ1n) is 6.78. The first kappa shape index (κ1) is 14.9. The van der Waals surface area contributed by atoms with E-state index >= 15 is 0 Å². The molecule has 1 saturated carbocycles. The molecule has 1 aliphatic rings. The Morgan fingerprint density at radius 2 is 2.20 bits per heavy atom. The molecule has 0 atom stereocenters. The number of hydrogen-bond donors (Lipinski definition) is 3. The van der Waals surface area contributed by atoms with E-state index in [1.165, 1.54) is 18.9 Å². The molecule has 0 saturated heterocycles. The van der Waals surface area contributed by atoms with Gasteiger partial charge in [0.1, 0.15) is 0 Å². The largest absolute Gasteiger partial charge is 0.399 e. The molecular weight excluding hydrogens is 278 g/mol. The van der Waals surface area contributed by atoms with Crippen molar-refractivity contribution in [1.82, 2.24) is 0 Å². The summed E-state index contributed by atoms with van der Waals surface area (Å²) in [5.41, 5.74) is 12.3. The second kappa shape index (κ2) is 6.81. The topological polar surface area (TPSA) is 90.4 Å². The van der Waals surface area contributed by atoms with Crippen LogP contribution in [0.15, 0.2) is 12.1 Å². The quantitative estimate of drug-likeness (QED) is 0.507. The number of amides is 1. The van der Waals surface area contributed by atoms with Crippen LogP contribution in [0.5, 0.6) is 0 Å². The number of anilines is 2. The molecule has 0 aliphatic heterocycles. The molecule has 1 aliphatic carbocycles. The number of benzene rings is 1. The van der Waals surface area contributed by atoms with E-state index in [2.05, 4.69) is 5.32 Å². The SMILES string of the molecule is NC(=O)c1cc(N)cc(Cl)c1NCCCOCC1CC1. The average molecular weight is 298 g/mol. The summed E-state index contributed by atoms with van der Waals surface area (Å²) in [5.74, 6) is 0.225. The Morgan fingerprint density at radius 1 is 1.45 bits per heavy atom. The van der Waals surface area contributed by atoms with Crippen LogP contribution in [-0.2, 0) is 4.74 Å². The summed E-state index contributed by atoms with van der Waals surface area (Å²) < 4.78 is 5.54. The molecule has 0 bridgehead atoms.